The Bertz CT molecular complexity index is 459. The highest BCUT2D eigenvalue weighted by molar-refractivity contribution is 6.87. The van der Waals surface area contributed by atoms with Gasteiger partial charge >= 0.3 is 0 Å². The topological polar surface area (TPSA) is 12.5 Å². The van der Waals surface area contributed by atoms with Crippen LogP contribution in [0, 0.1) is 11.5 Å². The smallest absolute Gasteiger partial charge is 0.144 e. The van der Waals surface area contributed by atoms with Gasteiger partial charge in [-0.05, 0) is 36.5 Å². The van der Waals surface area contributed by atoms with Crippen molar-refractivity contribution < 1.29 is 4.74 Å². The predicted molar refractivity (Wildman–Crippen MR) is 88.4 cm³/mol. The van der Waals surface area contributed by atoms with Crippen LogP contribution in [-0.2, 0) is 11.2 Å². The van der Waals surface area contributed by atoms with Crippen molar-refractivity contribution in [1.82, 2.24) is 0 Å². The largest absolute Gasteiger partial charge is 0.356 e. The molecular weight excluding hydrogens is 260 g/mol. The van der Waals surface area contributed by atoms with Gasteiger partial charge in [0.15, 0.2) is 0 Å². The summed E-state index contributed by atoms with van der Waals surface area (Å²) in [5.74, 6) is 3.43. The zero-order valence-corrected chi connectivity index (χ0v) is 14.0. The van der Waals surface area contributed by atoms with E-state index in [1.165, 1.54) is 23.7 Å². The molecule has 20 heavy (non-hydrogen) atoms. The summed E-state index contributed by atoms with van der Waals surface area (Å²) >= 11 is 0. The van der Waals surface area contributed by atoms with Gasteiger partial charge in [-0.1, -0.05) is 57.0 Å². The molecule has 1 aromatic carbocycles. The van der Waals surface area contributed by atoms with Crippen molar-refractivity contribution in [2.45, 2.75) is 64.0 Å². The summed E-state index contributed by atoms with van der Waals surface area (Å²) in [4.78, 5) is 0. The van der Waals surface area contributed by atoms with Gasteiger partial charge in [-0.3, -0.25) is 0 Å². The fraction of sp³-hybridized carbons (Fsp3) is 0.556. The number of rotatable bonds is 6. The first-order valence-electron chi connectivity index (χ1n) is 7.95. The van der Waals surface area contributed by atoms with Crippen LogP contribution >= 0.6 is 0 Å². The van der Waals surface area contributed by atoms with Gasteiger partial charge in [0.25, 0.3) is 0 Å². The molecular formula is C18H26OSi. The molecule has 0 saturated carbocycles. The monoisotopic (exact) mass is 286 g/mol. The van der Waals surface area contributed by atoms with Gasteiger partial charge in [0.2, 0.25) is 0 Å². The Morgan fingerprint density at radius 3 is 2.30 bits per heavy atom. The van der Waals surface area contributed by atoms with Gasteiger partial charge < -0.3 is 4.74 Å². The van der Waals surface area contributed by atoms with Crippen molar-refractivity contribution >= 4 is 8.07 Å². The molecule has 2 rings (SSSR count). The Morgan fingerprint density at radius 1 is 1.05 bits per heavy atom. The lowest BCUT2D eigenvalue weighted by atomic mass is 10.1. The molecule has 1 aromatic rings. The van der Waals surface area contributed by atoms with Crippen molar-refractivity contribution in [3.63, 3.8) is 0 Å². The molecule has 0 unspecified atom stereocenters. The van der Waals surface area contributed by atoms with Gasteiger partial charge in [0.05, 0.1) is 6.10 Å². The molecule has 1 aliphatic heterocycles. The Balaban J connectivity index is 1.81. The van der Waals surface area contributed by atoms with E-state index in [9.17, 15) is 0 Å². The van der Waals surface area contributed by atoms with E-state index < -0.39 is 8.07 Å². The number of aryl methyl sites for hydroxylation is 1. The van der Waals surface area contributed by atoms with Crippen LogP contribution < -0.4 is 0 Å². The fourth-order valence-corrected chi connectivity index (χ4v) is 5.16. The molecule has 0 bridgehead atoms. The van der Waals surface area contributed by atoms with E-state index in [4.69, 9.17) is 4.74 Å². The predicted octanol–water partition coefficient (Wildman–Crippen LogP) is 4.44. The minimum absolute atomic E-state index is 0.218. The molecule has 1 nitrogen and oxygen atoms in total. The van der Waals surface area contributed by atoms with E-state index in [1.807, 2.05) is 0 Å². The zero-order valence-electron chi connectivity index (χ0n) is 13.0. The molecule has 1 fully saturated rings. The third-order valence-corrected chi connectivity index (χ3v) is 9.39. The minimum atomic E-state index is -1.30. The number of benzene rings is 1. The summed E-state index contributed by atoms with van der Waals surface area (Å²) in [6.07, 6.45) is 2.79. The Kier molecular flexibility index (Phi) is 5.45. The molecule has 1 heterocycles. The van der Waals surface area contributed by atoms with Crippen molar-refractivity contribution in [3.05, 3.63) is 35.9 Å². The first-order valence-corrected chi connectivity index (χ1v) is 10.6. The van der Waals surface area contributed by atoms with Crippen LogP contribution in [0.1, 0.15) is 32.8 Å². The van der Waals surface area contributed by atoms with Crippen molar-refractivity contribution in [1.29, 1.82) is 0 Å². The molecule has 0 spiro atoms. The van der Waals surface area contributed by atoms with E-state index in [2.05, 4.69) is 62.6 Å². The third kappa shape index (κ3) is 3.98. The number of epoxide rings is 1. The maximum absolute atomic E-state index is 5.72. The van der Waals surface area contributed by atoms with Crippen LogP contribution in [0.2, 0.25) is 18.1 Å². The summed E-state index contributed by atoms with van der Waals surface area (Å²) in [5.41, 5.74) is 5.03. The van der Waals surface area contributed by atoms with E-state index in [0.717, 1.165) is 12.8 Å². The second-order valence-corrected chi connectivity index (χ2v) is 10.7. The average Bonchev–Trinajstić information content (AvgIpc) is 3.27. The highest BCUT2D eigenvalue weighted by atomic mass is 28.3. The molecule has 0 radical (unpaired) electrons. The highest BCUT2D eigenvalue weighted by Gasteiger charge is 2.37. The van der Waals surface area contributed by atoms with Crippen LogP contribution in [0.25, 0.3) is 0 Å². The first kappa shape index (κ1) is 15.3. The third-order valence-electron chi connectivity index (χ3n) is 4.65. The zero-order chi connectivity index (χ0) is 14.4. The Morgan fingerprint density at radius 2 is 1.70 bits per heavy atom. The Hall–Kier alpha value is -1.04. The quantitative estimate of drug-likeness (QED) is 0.428. The maximum atomic E-state index is 5.72. The van der Waals surface area contributed by atoms with Crippen molar-refractivity contribution in [3.8, 4) is 11.5 Å². The van der Waals surface area contributed by atoms with Crippen molar-refractivity contribution in [2.24, 2.45) is 0 Å². The summed E-state index contributed by atoms with van der Waals surface area (Å²) in [6.45, 7) is 6.90. The maximum Gasteiger partial charge on any atom is 0.144 e. The SMILES string of the molecule is CC[Si](C#C[C@@H]1O[C@@H]1CCc1ccccc1)(CC)CC. The lowest BCUT2D eigenvalue weighted by Gasteiger charge is -2.19. The van der Waals surface area contributed by atoms with E-state index in [0.29, 0.717) is 6.10 Å². The molecule has 1 aliphatic rings. The van der Waals surface area contributed by atoms with E-state index in [1.54, 1.807) is 0 Å². The molecule has 0 amide bonds. The molecule has 2 atom stereocenters. The summed E-state index contributed by atoms with van der Waals surface area (Å²) in [7, 11) is -1.30. The molecule has 0 N–H and O–H groups in total. The fourth-order valence-electron chi connectivity index (χ4n) is 2.68. The summed E-state index contributed by atoms with van der Waals surface area (Å²) < 4.78 is 5.72. The molecule has 0 aliphatic carbocycles. The van der Waals surface area contributed by atoms with Gasteiger partial charge in [-0.2, -0.15) is 0 Å². The summed E-state index contributed by atoms with van der Waals surface area (Å²) in [6, 6.07) is 14.5. The molecule has 2 heteroatoms. The molecule has 1 saturated heterocycles. The minimum Gasteiger partial charge on any atom is -0.356 e. The lowest BCUT2D eigenvalue weighted by molar-refractivity contribution is 0.382. The molecule has 108 valence electrons. The average molecular weight is 286 g/mol. The number of ether oxygens (including phenoxy) is 1. The van der Waals surface area contributed by atoms with Crippen LogP contribution in [0.4, 0.5) is 0 Å². The van der Waals surface area contributed by atoms with Crippen LogP contribution in [0.3, 0.4) is 0 Å². The standard InChI is InChI=1S/C18H26OSi/c1-4-20(5-2,6-3)15-14-18-17(19-18)13-12-16-10-8-7-9-11-16/h7-11,17-18H,4-6,12-13H2,1-3H3/t17-,18+/m1/s1. The Labute approximate surface area is 124 Å². The van der Waals surface area contributed by atoms with Gasteiger partial charge in [0.1, 0.15) is 14.2 Å². The lowest BCUT2D eigenvalue weighted by Crippen LogP contribution is -2.29. The van der Waals surface area contributed by atoms with Gasteiger partial charge in [-0.15, -0.1) is 5.54 Å². The van der Waals surface area contributed by atoms with Crippen LogP contribution in [-0.4, -0.2) is 20.3 Å². The van der Waals surface area contributed by atoms with Crippen LogP contribution in [0.5, 0.6) is 0 Å². The number of hydrogen-bond donors (Lipinski definition) is 0. The van der Waals surface area contributed by atoms with E-state index in [-0.39, 0.29) is 6.10 Å². The first-order chi connectivity index (χ1) is 9.73. The number of hydrogen-bond acceptors (Lipinski definition) is 1. The van der Waals surface area contributed by atoms with Gasteiger partial charge in [-0.25, -0.2) is 0 Å². The van der Waals surface area contributed by atoms with Crippen LogP contribution in [0.15, 0.2) is 30.3 Å². The molecule has 0 aromatic heterocycles. The normalized spacial score (nSPS) is 21.1. The highest BCUT2D eigenvalue weighted by Crippen LogP contribution is 2.27. The van der Waals surface area contributed by atoms with Gasteiger partial charge in [0, 0.05) is 0 Å². The summed E-state index contributed by atoms with van der Waals surface area (Å²) in [5, 5.41) is 0. The second kappa shape index (κ2) is 7.11. The van der Waals surface area contributed by atoms with Crippen molar-refractivity contribution in [2.75, 3.05) is 0 Å². The second-order valence-electron chi connectivity index (χ2n) is 5.73. The van der Waals surface area contributed by atoms with E-state index >= 15 is 0 Å².